The largest absolute Gasteiger partial charge is 0.547 e. The summed E-state index contributed by atoms with van der Waals surface area (Å²) < 4.78 is 20.3. The number of allylic oxidation sites excluding steroid dienone is 3. The van der Waals surface area contributed by atoms with E-state index < -0.39 is 25.0 Å². The summed E-state index contributed by atoms with van der Waals surface area (Å²) in [7, 11) is -4.86. The quantitative estimate of drug-likeness (QED) is 0.212. The molecule has 0 spiro atoms. The molecule has 4 rings (SSSR count). The minimum atomic E-state index is -1.72. The molecule has 0 bridgehead atoms. The SMILES string of the molecule is CC(CCCC(C)(C)O[Si](C)(C)C)C1CCC2C3C(O[Si](C)(C)C)C=C4C=C(O[Si](C)(C)C)CCC4(C)C3CCC12C. The predicted octanol–water partition coefficient (Wildman–Crippen LogP) is 11.2. The van der Waals surface area contributed by atoms with Crippen LogP contribution in [0.1, 0.15) is 92.4 Å². The molecule has 0 aromatic rings. The van der Waals surface area contributed by atoms with E-state index in [0.29, 0.717) is 11.3 Å². The number of hydrogen-bond acceptors (Lipinski definition) is 3. The lowest BCUT2D eigenvalue weighted by Crippen LogP contribution is -2.56. The maximum Gasteiger partial charge on any atom is 0.241 e. The Morgan fingerprint density at radius 1 is 0.881 bits per heavy atom. The van der Waals surface area contributed by atoms with E-state index in [2.05, 4.69) is 106 Å². The van der Waals surface area contributed by atoms with Crippen molar-refractivity contribution in [3.63, 3.8) is 0 Å². The van der Waals surface area contributed by atoms with Crippen LogP contribution >= 0.6 is 0 Å². The van der Waals surface area contributed by atoms with Crippen LogP contribution in [0.3, 0.4) is 0 Å². The highest BCUT2D eigenvalue weighted by Gasteiger charge is 2.61. The average Bonchev–Trinajstić information content (AvgIpc) is 3.13. The van der Waals surface area contributed by atoms with Crippen LogP contribution in [0.5, 0.6) is 0 Å². The molecule has 0 amide bonds. The Kier molecular flexibility index (Phi) is 9.83. The Morgan fingerprint density at radius 2 is 1.55 bits per heavy atom. The average molecular weight is 633 g/mol. The Morgan fingerprint density at radius 3 is 2.14 bits per heavy atom. The van der Waals surface area contributed by atoms with Crippen molar-refractivity contribution in [3.05, 3.63) is 23.5 Å². The zero-order valence-electron chi connectivity index (χ0n) is 30.2. The second kappa shape index (κ2) is 11.9. The van der Waals surface area contributed by atoms with Crippen LogP contribution in [0.2, 0.25) is 58.9 Å². The van der Waals surface area contributed by atoms with Crippen molar-refractivity contribution in [2.24, 2.45) is 40.4 Å². The second-order valence-corrected chi connectivity index (χ2v) is 32.2. The Balaban J connectivity index is 1.56. The Bertz CT molecular complexity index is 1030. The molecule has 8 unspecified atom stereocenters. The molecule has 0 heterocycles. The molecule has 0 radical (unpaired) electrons. The molecule has 0 aliphatic heterocycles. The topological polar surface area (TPSA) is 27.7 Å². The summed E-state index contributed by atoms with van der Waals surface area (Å²) in [5, 5.41) is 0. The fourth-order valence-electron chi connectivity index (χ4n) is 10.2. The first-order chi connectivity index (χ1) is 19.0. The molecule has 2 fully saturated rings. The van der Waals surface area contributed by atoms with Gasteiger partial charge in [-0.2, -0.15) is 0 Å². The zero-order valence-corrected chi connectivity index (χ0v) is 33.2. The van der Waals surface area contributed by atoms with E-state index in [1.165, 1.54) is 62.7 Å². The Labute approximate surface area is 264 Å². The minimum absolute atomic E-state index is 0.00176. The lowest BCUT2D eigenvalue weighted by molar-refractivity contribution is -0.0845. The first-order valence-corrected chi connectivity index (χ1v) is 27.8. The molecule has 4 aliphatic carbocycles. The van der Waals surface area contributed by atoms with Crippen LogP contribution in [0.25, 0.3) is 0 Å². The summed E-state index contributed by atoms with van der Waals surface area (Å²) >= 11 is 0. The van der Waals surface area contributed by atoms with E-state index in [9.17, 15) is 0 Å². The van der Waals surface area contributed by atoms with Crippen LogP contribution in [0, 0.1) is 40.4 Å². The lowest BCUT2D eigenvalue weighted by Gasteiger charge is -2.60. The third-order valence-corrected chi connectivity index (χ3v) is 14.5. The highest BCUT2D eigenvalue weighted by Crippen LogP contribution is 2.67. The monoisotopic (exact) mass is 632 g/mol. The van der Waals surface area contributed by atoms with Crippen molar-refractivity contribution in [2.45, 2.75) is 163 Å². The van der Waals surface area contributed by atoms with Crippen molar-refractivity contribution in [1.82, 2.24) is 0 Å². The van der Waals surface area contributed by atoms with Crippen molar-refractivity contribution in [2.75, 3.05) is 0 Å². The molecule has 42 heavy (non-hydrogen) atoms. The Hall–Kier alpha value is -0.149. The molecule has 6 heteroatoms. The molecular formula is C36H68O3Si3. The molecule has 0 N–H and O–H groups in total. The molecule has 0 saturated heterocycles. The normalized spacial score (nSPS) is 36.4. The molecular weight excluding hydrogens is 565 g/mol. The van der Waals surface area contributed by atoms with Gasteiger partial charge in [-0.25, -0.2) is 0 Å². The van der Waals surface area contributed by atoms with Crippen molar-refractivity contribution < 1.29 is 13.3 Å². The van der Waals surface area contributed by atoms with Gasteiger partial charge >= 0.3 is 0 Å². The fourth-order valence-corrected chi connectivity index (χ4v) is 13.9. The van der Waals surface area contributed by atoms with Gasteiger partial charge in [0.2, 0.25) is 8.32 Å². The third kappa shape index (κ3) is 7.79. The minimum Gasteiger partial charge on any atom is -0.547 e. The maximum absolute atomic E-state index is 7.16. The summed E-state index contributed by atoms with van der Waals surface area (Å²) in [6.45, 7) is 33.6. The first kappa shape index (κ1) is 34.7. The van der Waals surface area contributed by atoms with Crippen LogP contribution in [0.15, 0.2) is 23.5 Å². The van der Waals surface area contributed by atoms with Gasteiger partial charge in [0.1, 0.15) is 0 Å². The lowest BCUT2D eigenvalue weighted by atomic mass is 9.47. The van der Waals surface area contributed by atoms with E-state index >= 15 is 0 Å². The highest BCUT2D eigenvalue weighted by atomic mass is 28.4. The smallest absolute Gasteiger partial charge is 0.241 e. The van der Waals surface area contributed by atoms with Gasteiger partial charge in [0, 0.05) is 6.42 Å². The summed E-state index contributed by atoms with van der Waals surface area (Å²) in [5.74, 6) is 4.98. The summed E-state index contributed by atoms with van der Waals surface area (Å²) in [4.78, 5) is 0. The standard InChI is InChI=1S/C36H68O3Si3/c1-26(16-15-21-34(2,3)39-42(12,13)14)29-17-18-30-33-31(20-23-36(29,30)5)35(4)22-19-28(37-40(6,7)8)24-27(35)25-32(33)38-41(9,10)11/h24-26,29-33H,15-23H2,1-14H3. The van der Waals surface area contributed by atoms with Crippen LogP contribution in [-0.4, -0.2) is 36.7 Å². The van der Waals surface area contributed by atoms with Crippen LogP contribution in [0.4, 0.5) is 0 Å². The molecule has 0 aromatic carbocycles. The molecule has 3 nitrogen and oxygen atoms in total. The van der Waals surface area contributed by atoms with Gasteiger partial charge < -0.3 is 13.3 Å². The molecule has 0 aromatic heterocycles. The highest BCUT2D eigenvalue weighted by molar-refractivity contribution is 6.70. The zero-order chi connectivity index (χ0) is 31.5. The van der Waals surface area contributed by atoms with E-state index in [1.54, 1.807) is 0 Å². The van der Waals surface area contributed by atoms with Gasteiger partial charge in [0.15, 0.2) is 16.6 Å². The maximum atomic E-state index is 7.16. The van der Waals surface area contributed by atoms with E-state index in [4.69, 9.17) is 13.3 Å². The molecule has 8 atom stereocenters. The van der Waals surface area contributed by atoms with Gasteiger partial charge in [-0.05, 0) is 163 Å². The van der Waals surface area contributed by atoms with Gasteiger partial charge in [-0.3, -0.25) is 0 Å². The van der Waals surface area contributed by atoms with Crippen molar-refractivity contribution in [1.29, 1.82) is 0 Å². The van der Waals surface area contributed by atoms with Gasteiger partial charge in [-0.15, -0.1) is 0 Å². The number of fused-ring (bicyclic) bond motifs is 5. The number of rotatable bonds is 11. The second-order valence-electron chi connectivity index (χ2n) is 18.9. The molecule has 242 valence electrons. The predicted molar refractivity (Wildman–Crippen MR) is 188 cm³/mol. The van der Waals surface area contributed by atoms with E-state index in [1.807, 2.05) is 0 Å². The van der Waals surface area contributed by atoms with Gasteiger partial charge in [-0.1, -0.05) is 39.7 Å². The fraction of sp³-hybridized carbons (Fsp3) is 0.889. The third-order valence-electron chi connectivity index (χ3n) is 11.4. The van der Waals surface area contributed by atoms with Crippen LogP contribution < -0.4 is 0 Å². The molecule has 4 aliphatic rings. The molecule has 2 saturated carbocycles. The van der Waals surface area contributed by atoms with Crippen molar-refractivity contribution in [3.8, 4) is 0 Å². The van der Waals surface area contributed by atoms with Crippen LogP contribution in [-0.2, 0) is 13.3 Å². The summed E-state index contributed by atoms with van der Waals surface area (Å²) in [5.41, 5.74) is 2.22. The van der Waals surface area contributed by atoms with Gasteiger partial charge in [0.05, 0.1) is 17.5 Å². The van der Waals surface area contributed by atoms with E-state index in [0.717, 1.165) is 30.1 Å². The summed E-state index contributed by atoms with van der Waals surface area (Å²) in [6, 6.07) is 0. The van der Waals surface area contributed by atoms with Gasteiger partial charge in [0.25, 0.3) is 0 Å². The summed E-state index contributed by atoms with van der Waals surface area (Å²) in [6.07, 6.45) is 17.0. The van der Waals surface area contributed by atoms with E-state index in [-0.39, 0.29) is 17.1 Å². The number of hydrogen-bond donors (Lipinski definition) is 0. The first-order valence-electron chi connectivity index (χ1n) is 17.5. The van der Waals surface area contributed by atoms with Crippen molar-refractivity contribution >= 4 is 25.0 Å².